The van der Waals surface area contributed by atoms with Crippen LogP contribution in [0.15, 0.2) is 58.3 Å². The highest BCUT2D eigenvalue weighted by Crippen LogP contribution is 2.25. The molecule has 3 rings (SSSR count). The van der Waals surface area contributed by atoms with Crippen LogP contribution in [0.4, 0.5) is 0 Å². The van der Waals surface area contributed by atoms with E-state index in [9.17, 15) is 21.6 Å². The first-order valence-corrected chi connectivity index (χ1v) is 13.5. The van der Waals surface area contributed by atoms with E-state index in [2.05, 4.69) is 5.32 Å². The van der Waals surface area contributed by atoms with E-state index in [1.54, 1.807) is 36.4 Å². The molecule has 1 N–H and O–H groups in total. The van der Waals surface area contributed by atoms with Crippen LogP contribution in [-0.2, 0) is 24.7 Å². The Kier molecular flexibility index (Phi) is 6.88. The summed E-state index contributed by atoms with van der Waals surface area (Å²) in [5.41, 5.74) is 1.76. The van der Waals surface area contributed by atoms with Gasteiger partial charge in [-0.15, -0.1) is 0 Å². The summed E-state index contributed by atoms with van der Waals surface area (Å²) < 4.78 is 50.5. The van der Waals surface area contributed by atoms with E-state index >= 15 is 0 Å². The second-order valence-corrected chi connectivity index (χ2v) is 12.0. The van der Waals surface area contributed by atoms with Crippen molar-refractivity contribution in [2.45, 2.75) is 42.5 Å². The molecule has 2 aromatic rings. The van der Waals surface area contributed by atoms with Gasteiger partial charge in [0.1, 0.15) is 0 Å². The van der Waals surface area contributed by atoms with Gasteiger partial charge in [0.2, 0.25) is 15.9 Å². The van der Waals surface area contributed by atoms with Gasteiger partial charge in [-0.2, -0.15) is 4.31 Å². The number of aryl methyl sites for hydroxylation is 1. The Labute approximate surface area is 184 Å². The Morgan fingerprint density at radius 3 is 2.16 bits per heavy atom. The Bertz CT molecular complexity index is 1140. The zero-order chi connectivity index (χ0) is 22.8. The molecule has 0 bridgehead atoms. The number of amides is 1. The number of rotatable bonds is 6. The summed E-state index contributed by atoms with van der Waals surface area (Å²) in [7, 11) is -6.93. The van der Waals surface area contributed by atoms with E-state index in [-0.39, 0.29) is 28.3 Å². The lowest BCUT2D eigenvalue weighted by molar-refractivity contribution is -0.126. The van der Waals surface area contributed by atoms with Crippen LogP contribution in [0.1, 0.15) is 36.9 Å². The number of hydrogen-bond donors (Lipinski definition) is 1. The van der Waals surface area contributed by atoms with E-state index in [1.807, 2.05) is 13.8 Å². The SMILES string of the molecule is Cc1ccc(S(=O)(=O)N2CCC[C@H](C(=O)N[C@@H](C)c3ccc(S(C)(=O)=O)cc3)C2)cc1. The fourth-order valence-electron chi connectivity index (χ4n) is 3.65. The van der Waals surface area contributed by atoms with Gasteiger partial charge >= 0.3 is 0 Å². The zero-order valence-electron chi connectivity index (χ0n) is 17.9. The lowest BCUT2D eigenvalue weighted by atomic mass is 9.98. The number of hydrogen-bond acceptors (Lipinski definition) is 5. The molecule has 2 atom stereocenters. The summed E-state index contributed by atoms with van der Waals surface area (Å²) in [4.78, 5) is 13.3. The summed E-state index contributed by atoms with van der Waals surface area (Å²) in [5.74, 6) is -0.643. The number of piperidine rings is 1. The number of carbonyl (C=O) groups excluding carboxylic acids is 1. The van der Waals surface area contributed by atoms with Crippen molar-refractivity contribution in [1.29, 1.82) is 0 Å². The maximum Gasteiger partial charge on any atom is 0.243 e. The van der Waals surface area contributed by atoms with Crippen molar-refractivity contribution in [2.24, 2.45) is 5.92 Å². The summed E-state index contributed by atoms with van der Waals surface area (Å²) in [6, 6.07) is 12.8. The van der Waals surface area contributed by atoms with Crippen LogP contribution in [0.2, 0.25) is 0 Å². The molecular formula is C22H28N2O5S2. The zero-order valence-corrected chi connectivity index (χ0v) is 19.5. The van der Waals surface area contributed by atoms with Gasteiger partial charge in [0.05, 0.1) is 21.8 Å². The number of carbonyl (C=O) groups is 1. The fourth-order valence-corrected chi connectivity index (χ4v) is 5.81. The minimum atomic E-state index is -3.65. The van der Waals surface area contributed by atoms with Gasteiger partial charge in [0, 0.05) is 19.3 Å². The smallest absolute Gasteiger partial charge is 0.243 e. The Balaban J connectivity index is 1.67. The van der Waals surface area contributed by atoms with Crippen molar-refractivity contribution in [3.8, 4) is 0 Å². The third-order valence-electron chi connectivity index (χ3n) is 5.58. The quantitative estimate of drug-likeness (QED) is 0.708. The molecule has 1 saturated heterocycles. The highest BCUT2D eigenvalue weighted by molar-refractivity contribution is 7.90. The van der Waals surface area contributed by atoms with Crippen LogP contribution in [0.5, 0.6) is 0 Å². The van der Waals surface area contributed by atoms with Crippen molar-refractivity contribution in [3.63, 3.8) is 0 Å². The molecule has 1 heterocycles. The Hall–Kier alpha value is -2.23. The molecule has 1 fully saturated rings. The van der Waals surface area contributed by atoms with Crippen LogP contribution >= 0.6 is 0 Å². The summed E-state index contributed by atoms with van der Waals surface area (Å²) in [6.07, 6.45) is 2.37. The number of sulfonamides is 1. The van der Waals surface area contributed by atoms with Crippen LogP contribution < -0.4 is 5.32 Å². The minimum absolute atomic E-state index is 0.141. The van der Waals surface area contributed by atoms with Crippen molar-refractivity contribution in [3.05, 3.63) is 59.7 Å². The van der Waals surface area contributed by atoms with Crippen LogP contribution in [0.3, 0.4) is 0 Å². The number of nitrogens with zero attached hydrogens (tertiary/aromatic N) is 1. The van der Waals surface area contributed by atoms with Crippen LogP contribution in [0.25, 0.3) is 0 Å². The maximum absolute atomic E-state index is 13.0. The normalized spacial score (nSPS) is 19.0. The number of benzene rings is 2. The first-order valence-electron chi connectivity index (χ1n) is 10.2. The van der Waals surface area contributed by atoms with Crippen molar-refractivity contribution in [1.82, 2.24) is 9.62 Å². The first-order chi connectivity index (χ1) is 14.5. The summed E-state index contributed by atoms with van der Waals surface area (Å²) in [5, 5.41) is 2.93. The average molecular weight is 465 g/mol. The second kappa shape index (κ2) is 9.10. The average Bonchev–Trinajstić information content (AvgIpc) is 2.73. The van der Waals surface area contributed by atoms with Crippen molar-refractivity contribution in [2.75, 3.05) is 19.3 Å². The predicted octanol–water partition coefficient (Wildman–Crippen LogP) is 2.68. The highest BCUT2D eigenvalue weighted by Gasteiger charge is 2.33. The van der Waals surface area contributed by atoms with Gasteiger partial charge in [0.25, 0.3) is 0 Å². The molecule has 1 amide bonds. The molecule has 0 radical (unpaired) electrons. The van der Waals surface area contributed by atoms with Gasteiger partial charge < -0.3 is 5.32 Å². The third-order valence-corrected chi connectivity index (χ3v) is 8.59. The molecule has 0 aliphatic carbocycles. The Morgan fingerprint density at radius 2 is 1.58 bits per heavy atom. The molecule has 0 saturated carbocycles. The van der Waals surface area contributed by atoms with E-state index in [1.165, 1.54) is 16.4 Å². The minimum Gasteiger partial charge on any atom is -0.349 e. The Morgan fingerprint density at radius 1 is 1.00 bits per heavy atom. The molecule has 9 heteroatoms. The van der Waals surface area contributed by atoms with Gasteiger partial charge in [-0.3, -0.25) is 4.79 Å². The molecule has 168 valence electrons. The molecule has 0 spiro atoms. The summed E-state index contributed by atoms with van der Waals surface area (Å²) in [6.45, 7) is 4.24. The molecule has 0 aromatic heterocycles. The molecular weight excluding hydrogens is 436 g/mol. The van der Waals surface area contributed by atoms with Crippen molar-refractivity contribution >= 4 is 25.8 Å². The van der Waals surface area contributed by atoms with Gasteiger partial charge in [-0.05, 0) is 56.5 Å². The topological polar surface area (TPSA) is 101 Å². The molecule has 1 aliphatic heterocycles. The summed E-state index contributed by atoms with van der Waals surface area (Å²) >= 11 is 0. The molecule has 1 aliphatic rings. The monoisotopic (exact) mass is 464 g/mol. The second-order valence-electron chi connectivity index (χ2n) is 8.09. The van der Waals surface area contributed by atoms with E-state index in [0.29, 0.717) is 19.4 Å². The maximum atomic E-state index is 13.0. The largest absolute Gasteiger partial charge is 0.349 e. The fraction of sp³-hybridized carbons (Fsp3) is 0.409. The van der Waals surface area contributed by atoms with Gasteiger partial charge in [0.15, 0.2) is 9.84 Å². The van der Waals surface area contributed by atoms with E-state index < -0.39 is 25.8 Å². The third kappa shape index (κ3) is 5.53. The van der Waals surface area contributed by atoms with Crippen LogP contribution in [-0.4, -0.2) is 46.4 Å². The molecule has 0 unspecified atom stereocenters. The van der Waals surface area contributed by atoms with Gasteiger partial charge in [-0.1, -0.05) is 29.8 Å². The molecule has 2 aromatic carbocycles. The number of nitrogens with one attached hydrogen (secondary N) is 1. The predicted molar refractivity (Wildman–Crippen MR) is 119 cm³/mol. The van der Waals surface area contributed by atoms with Crippen LogP contribution in [0, 0.1) is 12.8 Å². The lowest BCUT2D eigenvalue weighted by Crippen LogP contribution is -2.45. The van der Waals surface area contributed by atoms with Gasteiger partial charge in [-0.25, -0.2) is 16.8 Å². The van der Waals surface area contributed by atoms with Crippen molar-refractivity contribution < 1.29 is 21.6 Å². The molecule has 7 nitrogen and oxygen atoms in total. The van der Waals surface area contributed by atoms with E-state index in [4.69, 9.17) is 0 Å². The first kappa shape index (κ1) is 23.4. The highest BCUT2D eigenvalue weighted by atomic mass is 32.2. The standard InChI is InChI=1S/C22H28N2O5S2/c1-16-6-10-21(11-7-16)31(28,29)24-14-4-5-19(15-24)22(25)23-17(2)18-8-12-20(13-9-18)30(3,26)27/h6-13,17,19H,4-5,14-15H2,1-3H3,(H,23,25)/t17-,19-/m0/s1. The van der Waals surface area contributed by atoms with E-state index in [0.717, 1.165) is 17.4 Å². The molecule has 31 heavy (non-hydrogen) atoms. The lowest BCUT2D eigenvalue weighted by Gasteiger charge is -2.32. The number of sulfone groups is 1.